The summed E-state index contributed by atoms with van der Waals surface area (Å²) in [6, 6.07) is 1.57. The monoisotopic (exact) mass is 462 g/mol. The molecule has 6 nitrogen and oxygen atoms in total. The number of nitrogens with one attached hydrogen (secondary N) is 1. The molecule has 1 amide bonds. The van der Waals surface area contributed by atoms with Gasteiger partial charge in [0.2, 0.25) is 0 Å². The Hall–Kier alpha value is -2.51. The van der Waals surface area contributed by atoms with Crippen molar-refractivity contribution in [3.63, 3.8) is 0 Å². The molecule has 0 atom stereocenters. The molecule has 2 aromatic rings. The number of halogens is 2. The Balaban J connectivity index is 1.88. The number of carbonyl (C=O) groups excluding carboxylic acids is 1. The number of ether oxygens (including phenoxy) is 1. The zero-order valence-corrected chi connectivity index (χ0v) is 20.3. The molecule has 2 aromatic heterocycles. The van der Waals surface area contributed by atoms with Crippen molar-refractivity contribution in [3.05, 3.63) is 29.2 Å². The van der Waals surface area contributed by atoms with E-state index in [0.717, 1.165) is 18.8 Å². The van der Waals surface area contributed by atoms with Crippen molar-refractivity contribution in [3.8, 4) is 17.0 Å². The number of rotatable bonds is 9. The van der Waals surface area contributed by atoms with Gasteiger partial charge in [0.05, 0.1) is 11.3 Å². The van der Waals surface area contributed by atoms with Crippen LogP contribution in [0.2, 0.25) is 0 Å². The van der Waals surface area contributed by atoms with Gasteiger partial charge >= 0.3 is 6.61 Å². The van der Waals surface area contributed by atoms with E-state index in [1.807, 2.05) is 20.8 Å². The average molecular weight is 463 g/mol. The number of hydrogen-bond acceptors (Lipinski definition) is 4. The van der Waals surface area contributed by atoms with Gasteiger partial charge in [0.25, 0.3) is 5.91 Å². The van der Waals surface area contributed by atoms with E-state index in [4.69, 9.17) is 4.74 Å². The highest BCUT2D eigenvalue weighted by molar-refractivity contribution is 5.95. The number of aryl methyl sites for hydroxylation is 1. The molecule has 1 aliphatic rings. The third kappa shape index (κ3) is 6.30. The maximum Gasteiger partial charge on any atom is 0.387 e. The summed E-state index contributed by atoms with van der Waals surface area (Å²) in [7, 11) is 0. The lowest BCUT2D eigenvalue weighted by molar-refractivity contribution is -0.0495. The Labute approximate surface area is 195 Å². The lowest BCUT2D eigenvalue weighted by atomic mass is 9.83. The highest BCUT2D eigenvalue weighted by Gasteiger charge is 2.25. The molecule has 1 fully saturated rings. The van der Waals surface area contributed by atoms with Crippen LogP contribution in [-0.2, 0) is 13.0 Å². The van der Waals surface area contributed by atoms with Crippen LogP contribution < -0.4 is 10.1 Å². The fourth-order valence-corrected chi connectivity index (χ4v) is 4.57. The first kappa shape index (κ1) is 25.1. The molecule has 0 unspecified atom stereocenters. The molecule has 1 saturated carbocycles. The molecule has 2 heterocycles. The van der Waals surface area contributed by atoms with Crippen LogP contribution in [-0.4, -0.2) is 33.8 Å². The van der Waals surface area contributed by atoms with Gasteiger partial charge in [0.15, 0.2) is 5.69 Å². The summed E-state index contributed by atoms with van der Waals surface area (Å²) in [5.41, 5.74) is 2.61. The summed E-state index contributed by atoms with van der Waals surface area (Å²) in [6.07, 6.45) is 6.84. The van der Waals surface area contributed by atoms with Gasteiger partial charge in [-0.15, -0.1) is 0 Å². The van der Waals surface area contributed by atoms with Crippen LogP contribution in [0.4, 0.5) is 8.78 Å². The Kier molecular flexibility index (Phi) is 8.43. The Morgan fingerprint density at radius 2 is 1.97 bits per heavy atom. The molecule has 182 valence electrons. The maximum atomic E-state index is 13.2. The van der Waals surface area contributed by atoms with E-state index < -0.39 is 6.61 Å². The second-order valence-corrected chi connectivity index (χ2v) is 9.62. The zero-order valence-electron chi connectivity index (χ0n) is 20.3. The van der Waals surface area contributed by atoms with E-state index in [1.54, 1.807) is 23.9 Å². The standard InChI is InChI=1S/C25H36F2N4O2/c1-6-31-23(20-14-28-19(11-15(2)3)12-21(20)33-25(26)27)17(5)22(30-31)24(32)29-13-18-9-7-16(4)8-10-18/h12,14-16,18,25H,6-11,13H2,1-5H3,(H,29,32). The molecular formula is C25H36F2N4O2. The SMILES string of the molecule is CCn1nc(C(=O)NCC2CCC(C)CC2)c(C)c1-c1cnc(CC(C)C)cc1OC(F)F. The van der Waals surface area contributed by atoms with Crippen LogP contribution in [0.15, 0.2) is 12.3 Å². The minimum atomic E-state index is -2.96. The fraction of sp³-hybridized carbons (Fsp3) is 0.640. The van der Waals surface area contributed by atoms with Gasteiger partial charge in [-0.1, -0.05) is 33.6 Å². The summed E-state index contributed by atoms with van der Waals surface area (Å²) in [6.45, 7) is 8.19. The molecule has 0 aromatic carbocycles. The molecule has 33 heavy (non-hydrogen) atoms. The Bertz CT molecular complexity index is 950. The first-order valence-corrected chi connectivity index (χ1v) is 12.0. The molecule has 0 saturated heterocycles. The molecular weight excluding hydrogens is 426 g/mol. The minimum Gasteiger partial charge on any atom is -0.434 e. The number of hydrogen-bond donors (Lipinski definition) is 1. The van der Waals surface area contributed by atoms with Crippen molar-refractivity contribution in [1.29, 1.82) is 0 Å². The molecule has 0 radical (unpaired) electrons. The van der Waals surface area contributed by atoms with Crippen LogP contribution in [0.1, 0.15) is 75.1 Å². The summed E-state index contributed by atoms with van der Waals surface area (Å²) >= 11 is 0. The van der Waals surface area contributed by atoms with E-state index in [2.05, 4.69) is 22.3 Å². The van der Waals surface area contributed by atoms with Crippen molar-refractivity contribution in [2.75, 3.05) is 6.54 Å². The van der Waals surface area contributed by atoms with Crippen LogP contribution >= 0.6 is 0 Å². The quantitative estimate of drug-likeness (QED) is 0.524. The van der Waals surface area contributed by atoms with Crippen molar-refractivity contribution in [2.45, 2.75) is 79.9 Å². The first-order valence-electron chi connectivity index (χ1n) is 12.0. The highest BCUT2D eigenvalue weighted by atomic mass is 19.3. The van der Waals surface area contributed by atoms with Crippen LogP contribution in [0.25, 0.3) is 11.3 Å². The smallest absolute Gasteiger partial charge is 0.387 e. The third-order valence-corrected chi connectivity index (χ3v) is 6.40. The number of pyridine rings is 1. The normalized spacial score (nSPS) is 18.7. The topological polar surface area (TPSA) is 69.0 Å². The van der Waals surface area contributed by atoms with Gasteiger partial charge in [0.1, 0.15) is 5.75 Å². The molecule has 8 heteroatoms. The van der Waals surface area contributed by atoms with E-state index in [1.165, 1.54) is 12.8 Å². The highest BCUT2D eigenvalue weighted by Crippen LogP contribution is 2.35. The predicted molar refractivity (Wildman–Crippen MR) is 124 cm³/mol. The zero-order chi connectivity index (χ0) is 24.1. The van der Waals surface area contributed by atoms with Gasteiger partial charge < -0.3 is 10.1 Å². The largest absolute Gasteiger partial charge is 0.434 e. The van der Waals surface area contributed by atoms with Gasteiger partial charge in [-0.3, -0.25) is 14.5 Å². The second-order valence-electron chi connectivity index (χ2n) is 9.62. The van der Waals surface area contributed by atoms with Gasteiger partial charge in [-0.05, 0) is 50.9 Å². The minimum absolute atomic E-state index is 0.0524. The number of alkyl halides is 2. The number of amides is 1. The molecule has 0 spiro atoms. The summed E-state index contributed by atoms with van der Waals surface area (Å²) < 4.78 is 32.9. The number of carbonyl (C=O) groups is 1. The molecule has 0 bridgehead atoms. The second kappa shape index (κ2) is 11.1. The van der Waals surface area contributed by atoms with Crippen molar-refractivity contribution in [2.24, 2.45) is 17.8 Å². The third-order valence-electron chi connectivity index (χ3n) is 6.40. The fourth-order valence-electron chi connectivity index (χ4n) is 4.57. The van der Waals surface area contributed by atoms with Gasteiger partial charge in [-0.25, -0.2) is 0 Å². The van der Waals surface area contributed by atoms with E-state index >= 15 is 0 Å². The van der Waals surface area contributed by atoms with Crippen molar-refractivity contribution < 1.29 is 18.3 Å². The number of aromatic nitrogens is 3. The van der Waals surface area contributed by atoms with Crippen LogP contribution in [0, 0.1) is 24.7 Å². The molecule has 3 rings (SSSR count). The lowest BCUT2D eigenvalue weighted by Crippen LogP contribution is -2.31. The summed E-state index contributed by atoms with van der Waals surface area (Å²) in [5.74, 6) is 1.39. The first-order chi connectivity index (χ1) is 15.7. The Morgan fingerprint density at radius 3 is 2.58 bits per heavy atom. The summed E-state index contributed by atoms with van der Waals surface area (Å²) in [5, 5.41) is 7.54. The average Bonchev–Trinajstić information content (AvgIpc) is 3.09. The van der Waals surface area contributed by atoms with E-state index in [9.17, 15) is 13.6 Å². The van der Waals surface area contributed by atoms with Gasteiger partial charge in [-0.2, -0.15) is 13.9 Å². The Morgan fingerprint density at radius 1 is 1.27 bits per heavy atom. The number of nitrogens with zero attached hydrogens (tertiary/aromatic N) is 3. The maximum absolute atomic E-state index is 13.2. The molecule has 1 N–H and O–H groups in total. The van der Waals surface area contributed by atoms with Crippen molar-refractivity contribution in [1.82, 2.24) is 20.1 Å². The molecule has 1 aliphatic carbocycles. The molecule has 0 aliphatic heterocycles. The van der Waals surface area contributed by atoms with Crippen LogP contribution in [0.3, 0.4) is 0 Å². The van der Waals surface area contributed by atoms with E-state index in [0.29, 0.717) is 59.6 Å². The van der Waals surface area contributed by atoms with Crippen LogP contribution in [0.5, 0.6) is 5.75 Å². The predicted octanol–water partition coefficient (Wildman–Crippen LogP) is 5.63. The summed E-state index contributed by atoms with van der Waals surface area (Å²) in [4.78, 5) is 17.4. The van der Waals surface area contributed by atoms with Gasteiger partial charge in [0, 0.05) is 36.6 Å². The lowest BCUT2D eigenvalue weighted by Gasteiger charge is -2.26. The van der Waals surface area contributed by atoms with Crippen molar-refractivity contribution >= 4 is 5.91 Å². The van der Waals surface area contributed by atoms with E-state index in [-0.39, 0.29) is 11.7 Å².